The van der Waals surface area contributed by atoms with Crippen LogP contribution in [-0.4, -0.2) is 35.3 Å². The number of carbonyl (C=O) groups excluding carboxylic acids is 1. The van der Waals surface area contributed by atoms with E-state index in [1.54, 1.807) is 11.3 Å². The van der Waals surface area contributed by atoms with Crippen LogP contribution in [0.5, 0.6) is 0 Å². The minimum absolute atomic E-state index is 0.0363. The van der Waals surface area contributed by atoms with Gasteiger partial charge >= 0.3 is 0 Å². The van der Waals surface area contributed by atoms with Gasteiger partial charge < -0.3 is 14.6 Å². The van der Waals surface area contributed by atoms with Crippen molar-refractivity contribution < 1.29 is 14.1 Å². The fourth-order valence-corrected chi connectivity index (χ4v) is 3.97. The van der Waals surface area contributed by atoms with Crippen molar-refractivity contribution in [2.45, 2.75) is 26.3 Å². The van der Waals surface area contributed by atoms with Crippen LogP contribution in [0.3, 0.4) is 0 Å². The van der Waals surface area contributed by atoms with Gasteiger partial charge in [-0.1, -0.05) is 5.16 Å². The highest BCUT2D eigenvalue weighted by Gasteiger charge is 2.31. The molecule has 6 nitrogen and oxygen atoms in total. The molecule has 0 bridgehead atoms. The van der Waals surface area contributed by atoms with Crippen LogP contribution in [0.2, 0.25) is 0 Å². The second kappa shape index (κ2) is 6.57. The van der Waals surface area contributed by atoms with Gasteiger partial charge in [0.15, 0.2) is 0 Å². The maximum atomic E-state index is 12.6. The van der Waals surface area contributed by atoms with Crippen molar-refractivity contribution in [3.8, 4) is 0 Å². The van der Waals surface area contributed by atoms with Gasteiger partial charge in [0.05, 0.1) is 40.2 Å². The Morgan fingerprint density at radius 2 is 2.20 bits per heavy atom. The number of benzene rings is 1. The highest BCUT2D eigenvalue weighted by Crippen LogP contribution is 2.23. The summed E-state index contributed by atoms with van der Waals surface area (Å²) in [5.74, 6) is 0.912. The molecule has 0 saturated carbocycles. The van der Waals surface area contributed by atoms with Gasteiger partial charge in [-0.3, -0.25) is 4.79 Å². The first-order valence-corrected chi connectivity index (χ1v) is 9.08. The van der Waals surface area contributed by atoms with Gasteiger partial charge in [-0.2, -0.15) is 0 Å². The van der Waals surface area contributed by atoms with Gasteiger partial charge in [-0.05, 0) is 32.0 Å². The average Bonchev–Trinajstić information content (AvgIpc) is 3.27. The summed E-state index contributed by atoms with van der Waals surface area (Å²) < 4.78 is 12.0. The van der Waals surface area contributed by atoms with E-state index in [0.717, 1.165) is 26.7 Å². The maximum absolute atomic E-state index is 12.6. The SMILES string of the molecule is Cc1cc(C[C@@H]2COC[C@@H]2NC(=O)c2ccc3sc(C)nc3c2)on1. The summed E-state index contributed by atoms with van der Waals surface area (Å²) >= 11 is 1.63. The molecule has 1 saturated heterocycles. The first-order chi connectivity index (χ1) is 12.1. The van der Waals surface area contributed by atoms with E-state index in [-0.39, 0.29) is 17.9 Å². The molecule has 3 aromatic rings. The minimum atomic E-state index is -0.0956. The molecule has 25 heavy (non-hydrogen) atoms. The molecular weight excluding hydrogens is 338 g/mol. The van der Waals surface area contributed by atoms with E-state index in [0.29, 0.717) is 25.2 Å². The van der Waals surface area contributed by atoms with Crippen LogP contribution >= 0.6 is 11.3 Å². The summed E-state index contributed by atoms with van der Waals surface area (Å²) in [5, 5.41) is 8.01. The summed E-state index contributed by atoms with van der Waals surface area (Å²) in [6.07, 6.45) is 0.704. The van der Waals surface area contributed by atoms with Crippen LogP contribution in [0.4, 0.5) is 0 Å². The number of fused-ring (bicyclic) bond motifs is 1. The van der Waals surface area contributed by atoms with Gasteiger partial charge in [0.25, 0.3) is 5.91 Å². The quantitative estimate of drug-likeness (QED) is 0.777. The number of hydrogen-bond donors (Lipinski definition) is 1. The molecule has 1 amide bonds. The van der Waals surface area contributed by atoms with E-state index >= 15 is 0 Å². The van der Waals surface area contributed by atoms with Gasteiger partial charge in [0.2, 0.25) is 0 Å². The van der Waals surface area contributed by atoms with Gasteiger partial charge in [-0.25, -0.2) is 4.98 Å². The predicted molar refractivity (Wildman–Crippen MR) is 94.9 cm³/mol. The van der Waals surface area contributed by atoms with E-state index in [4.69, 9.17) is 9.26 Å². The van der Waals surface area contributed by atoms with Crippen LogP contribution in [0.25, 0.3) is 10.2 Å². The van der Waals surface area contributed by atoms with E-state index < -0.39 is 0 Å². The van der Waals surface area contributed by atoms with Gasteiger partial charge in [-0.15, -0.1) is 11.3 Å². The number of aromatic nitrogens is 2. The Kier molecular flexibility index (Phi) is 4.27. The lowest BCUT2D eigenvalue weighted by atomic mass is 9.98. The lowest BCUT2D eigenvalue weighted by molar-refractivity contribution is 0.0924. The van der Waals surface area contributed by atoms with Crippen molar-refractivity contribution >= 4 is 27.5 Å². The van der Waals surface area contributed by atoms with Crippen molar-refractivity contribution in [3.05, 3.63) is 46.3 Å². The molecule has 1 N–H and O–H groups in total. The third kappa shape index (κ3) is 3.43. The lowest BCUT2D eigenvalue weighted by Gasteiger charge is -2.18. The molecule has 7 heteroatoms. The Morgan fingerprint density at radius 1 is 1.32 bits per heavy atom. The van der Waals surface area contributed by atoms with Crippen molar-refractivity contribution in [1.29, 1.82) is 0 Å². The number of aryl methyl sites for hydroxylation is 2. The van der Waals surface area contributed by atoms with Crippen LogP contribution < -0.4 is 5.32 Å². The van der Waals surface area contributed by atoms with Crippen LogP contribution in [0, 0.1) is 19.8 Å². The molecule has 2 atom stereocenters. The van der Waals surface area contributed by atoms with E-state index in [1.165, 1.54) is 0 Å². The fraction of sp³-hybridized carbons (Fsp3) is 0.389. The first-order valence-electron chi connectivity index (χ1n) is 8.26. The molecule has 1 aliphatic heterocycles. The van der Waals surface area contributed by atoms with Crippen LogP contribution in [-0.2, 0) is 11.2 Å². The Labute approximate surface area is 149 Å². The number of carbonyl (C=O) groups is 1. The Balaban J connectivity index is 1.46. The molecular formula is C18H19N3O3S. The number of amides is 1. The largest absolute Gasteiger partial charge is 0.379 e. The molecule has 1 fully saturated rings. The first kappa shape index (κ1) is 16.2. The zero-order valence-corrected chi connectivity index (χ0v) is 14.9. The van der Waals surface area contributed by atoms with Gasteiger partial charge in [0, 0.05) is 24.0 Å². The topological polar surface area (TPSA) is 77.2 Å². The standard InChI is InChI=1S/C18H19N3O3S/c1-10-5-14(24-21-10)6-13-8-23-9-16(13)20-18(22)12-3-4-17-15(7-12)19-11(2)25-17/h3-5,7,13,16H,6,8-9H2,1-2H3,(H,20,22)/t13-,16+/m1/s1. The molecule has 0 aliphatic carbocycles. The number of ether oxygens (including phenoxy) is 1. The van der Waals surface area contributed by atoms with E-state index in [1.807, 2.05) is 38.1 Å². The Bertz CT molecular complexity index is 917. The molecule has 2 aromatic heterocycles. The number of nitrogens with zero attached hydrogens (tertiary/aromatic N) is 2. The van der Waals surface area contributed by atoms with Crippen molar-refractivity contribution in [1.82, 2.24) is 15.5 Å². The molecule has 130 valence electrons. The maximum Gasteiger partial charge on any atom is 0.251 e. The fourth-order valence-electron chi connectivity index (χ4n) is 3.17. The molecule has 1 aromatic carbocycles. The monoisotopic (exact) mass is 357 g/mol. The number of nitrogens with one attached hydrogen (secondary N) is 1. The van der Waals surface area contributed by atoms with Crippen LogP contribution in [0.1, 0.15) is 26.8 Å². The Morgan fingerprint density at radius 3 is 3.00 bits per heavy atom. The second-order valence-corrected chi connectivity index (χ2v) is 7.67. The Hall–Kier alpha value is -2.25. The number of hydrogen-bond acceptors (Lipinski definition) is 6. The summed E-state index contributed by atoms with van der Waals surface area (Å²) in [6, 6.07) is 7.54. The summed E-state index contributed by atoms with van der Waals surface area (Å²) in [7, 11) is 0. The summed E-state index contributed by atoms with van der Waals surface area (Å²) in [5.41, 5.74) is 2.35. The second-order valence-electron chi connectivity index (χ2n) is 6.43. The van der Waals surface area contributed by atoms with E-state index in [9.17, 15) is 4.79 Å². The zero-order valence-electron chi connectivity index (χ0n) is 14.1. The normalized spacial score (nSPS) is 20.2. The van der Waals surface area contributed by atoms with Gasteiger partial charge in [0.1, 0.15) is 5.76 Å². The summed E-state index contributed by atoms with van der Waals surface area (Å²) in [6.45, 7) is 4.99. The molecule has 0 unspecified atom stereocenters. The molecule has 0 radical (unpaired) electrons. The van der Waals surface area contributed by atoms with E-state index in [2.05, 4.69) is 15.5 Å². The molecule has 3 heterocycles. The smallest absolute Gasteiger partial charge is 0.251 e. The third-order valence-corrected chi connectivity index (χ3v) is 5.36. The van der Waals surface area contributed by atoms with Crippen molar-refractivity contribution in [2.75, 3.05) is 13.2 Å². The molecule has 1 aliphatic rings. The minimum Gasteiger partial charge on any atom is -0.379 e. The number of thiazole rings is 1. The highest BCUT2D eigenvalue weighted by molar-refractivity contribution is 7.18. The third-order valence-electron chi connectivity index (χ3n) is 4.41. The molecule has 0 spiro atoms. The number of rotatable bonds is 4. The lowest BCUT2D eigenvalue weighted by Crippen LogP contribution is -2.40. The van der Waals surface area contributed by atoms with Crippen molar-refractivity contribution in [3.63, 3.8) is 0 Å². The highest BCUT2D eigenvalue weighted by atomic mass is 32.1. The van der Waals surface area contributed by atoms with Crippen molar-refractivity contribution in [2.24, 2.45) is 5.92 Å². The zero-order chi connectivity index (χ0) is 17.4. The van der Waals surface area contributed by atoms with Crippen LogP contribution in [0.15, 0.2) is 28.8 Å². The average molecular weight is 357 g/mol. The molecule has 4 rings (SSSR count). The predicted octanol–water partition coefficient (Wildman–Crippen LogP) is 2.89. The summed E-state index contributed by atoms with van der Waals surface area (Å²) in [4.78, 5) is 17.1.